The second-order valence-electron chi connectivity index (χ2n) is 8.84. The summed E-state index contributed by atoms with van der Waals surface area (Å²) < 4.78 is 7.44. The fourth-order valence-electron chi connectivity index (χ4n) is 5.02. The predicted molar refractivity (Wildman–Crippen MR) is 126 cm³/mol. The zero-order chi connectivity index (χ0) is 22.8. The van der Waals surface area contributed by atoms with E-state index in [2.05, 4.69) is 17.2 Å². The summed E-state index contributed by atoms with van der Waals surface area (Å²) >= 11 is 0. The van der Waals surface area contributed by atoms with E-state index in [9.17, 15) is 9.59 Å². The molecule has 172 valence electrons. The Bertz CT molecular complexity index is 1160. The fourth-order valence-corrected chi connectivity index (χ4v) is 5.02. The molecule has 2 fully saturated rings. The molecule has 1 aromatic carbocycles. The van der Waals surface area contributed by atoms with Crippen LogP contribution in [0.2, 0.25) is 0 Å². The number of aromatic nitrogens is 2. The highest BCUT2D eigenvalue weighted by molar-refractivity contribution is 6.00. The molecule has 0 atom stereocenters. The molecule has 4 heterocycles. The summed E-state index contributed by atoms with van der Waals surface area (Å²) in [5.41, 5.74) is 3.39. The monoisotopic (exact) mass is 446 g/mol. The van der Waals surface area contributed by atoms with Crippen LogP contribution in [-0.4, -0.2) is 64.0 Å². The Balaban J connectivity index is 1.30. The first-order valence-electron chi connectivity index (χ1n) is 11.9. The van der Waals surface area contributed by atoms with Crippen molar-refractivity contribution in [3.05, 3.63) is 65.5 Å². The minimum absolute atomic E-state index is 0.0299. The average Bonchev–Trinajstić information content (AvgIpc) is 3.54. The Morgan fingerprint density at radius 1 is 0.970 bits per heavy atom. The predicted octanol–water partition coefficient (Wildman–Crippen LogP) is 3.99. The summed E-state index contributed by atoms with van der Waals surface area (Å²) in [6, 6.07) is 11.7. The molecule has 0 bridgehead atoms. The van der Waals surface area contributed by atoms with Gasteiger partial charge in [0, 0.05) is 32.4 Å². The summed E-state index contributed by atoms with van der Waals surface area (Å²) in [7, 11) is 0. The van der Waals surface area contributed by atoms with Gasteiger partial charge in [-0.05, 0) is 68.4 Å². The second-order valence-corrected chi connectivity index (χ2v) is 8.84. The number of carbonyl (C=O) groups is 2. The van der Waals surface area contributed by atoms with Crippen LogP contribution in [0.3, 0.4) is 0 Å². The third kappa shape index (κ3) is 4.19. The number of fused-ring (bicyclic) bond motifs is 1. The van der Waals surface area contributed by atoms with Crippen LogP contribution in [0.4, 0.5) is 0 Å². The van der Waals surface area contributed by atoms with Gasteiger partial charge in [0.2, 0.25) is 0 Å². The van der Waals surface area contributed by atoms with Gasteiger partial charge in [-0.25, -0.2) is 4.52 Å². The smallest absolute Gasteiger partial charge is 0.257 e. The number of ether oxygens (including phenoxy) is 1. The summed E-state index contributed by atoms with van der Waals surface area (Å²) in [6.45, 7) is 5.52. The molecule has 0 N–H and O–H groups in total. The van der Waals surface area contributed by atoms with Crippen LogP contribution in [0.15, 0.2) is 48.8 Å². The SMILES string of the molecule is CCOc1ccccc1C(=O)N1CCC(c2ccn3ncc(C(=O)N4CCCC4)c3c2)CC1. The Labute approximate surface area is 193 Å². The second kappa shape index (κ2) is 9.25. The van der Waals surface area contributed by atoms with E-state index < -0.39 is 0 Å². The normalized spacial score (nSPS) is 17.0. The van der Waals surface area contributed by atoms with Gasteiger partial charge in [0.1, 0.15) is 5.75 Å². The number of rotatable bonds is 5. The lowest BCUT2D eigenvalue weighted by atomic mass is 9.89. The van der Waals surface area contributed by atoms with Gasteiger partial charge < -0.3 is 14.5 Å². The molecule has 2 aromatic heterocycles. The highest BCUT2D eigenvalue weighted by atomic mass is 16.5. The molecule has 2 aliphatic rings. The molecule has 0 aliphatic carbocycles. The van der Waals surface area contributed by atoms with Gasteiger partial charge in [-0.3, -0.25) is 9.59 Å². The van der Waals surface area contributed by atoms with E-state index in [1.54, 1.807) is 10.7 Å². The van der Waals surface area contributed by atoms with Crippen molar-refractivity contribution in [3.8, 4) is 5.75 Å². The lowest BCUT2D eigenvalue weighted by Crippen LogP contribution is -2.38. The van der Waals surface area contributed by atoms with Gasteiger partial charge in [-0.2, -0.15) is 5.10 Å². The van der Waals surface area contributed by atoms with Crippen LogP contribution in [0.25, 0.3) is 5.52 Å². The van der Waals surface area contributed by atoms with Gasteiger partial charge in [0.25, 0.3) is 11.8 Å². The maximum Gasteiger partial charge on any atom is 0.257 e. The molecule has 7 heteroatoms. The number of carbonyl (C=O) groups excluding carboxylic acids is 2. The molecule has 7 nitrogen and oxygen atoms in total. The van der Waals surface area contributed by atoms with Crippen LogP contribution in [0.1, 0.15) is 64.8 Å². The number of para-hydroxylation sites is 1. The molecule has 2 aliphatic heterocycles. The molecule has 5 rings (SSSR count). The van der Waals surface area contributed by atoms with Crippen molar-refractivity contribution >= 4 is 17.3 Å². The molecule has 0 spiro atoms. The lowest BCUT2D eigenvalue weighted by molar-refractivity contribution is 0.0708. The Morgan fingerprint density at radius 3 is 2.42 bits per heavy atom. The van der Waals surface area contributed by atoms with Gasteiger partial charge in [0.15, 0.2) is 0 Å². The number of likely N-dealkylation sites (tertiary alicyclic amines) is 2. The first kappa shape index (κ1) is 21.5. The van der Waals surface area contributed by atoms with Crippen LogP contribution >= 0.6 is 0 Å². The third-order valence-electron chi connectivity index (χ3n) is 6.84. The highest BCUT2D eigenvalue weighted by Gasteiger charge is 2.27. The van der Waals surface area contributed by atoms with E-state index in [-0.39, 0.29) is 11.8 Å². The summed E-state index contributed by atoms with van der Waals surface area (Å²) in [5, 5.41) is 4.39. The zero-order valence-electron chi connectivity index (χ0n) is 19.1. The average molecular weight is 447 g/mol. The number of piperidine rings is 1. The minimum Gasteiger partial charge on any atom is -0.493 e. The van der Waals surface area contributed by atoms with Gasteiger partial charge >= 0.3 is 0 Å². The Kier molecular flexibility index (Phi) is 6.03. The molecule has 2 amide bonds. The highest BCUT2D eigenvalue weighted by Crippen LogP contribution is 2.31. The number of nitrogens with zero attached hydrogens (tertiary/aromatic N) is 4. The number of pyridine rings is 1. The standard InChI is InChI=1S/C26H30N4O3/c1-2-33-24-8-4-3-7-21(24)25(31)29-14-9-19(10-15-29)20-11-16-30-23(17-20)22(18-27-30)26(32)28-12-5-6-13-28/h3-4,7-8,11,16-19H,2,5-6,9-10,12-15H2,1H3. The molecular formula is C26H30N4O3. The molecule has 33 heavy (non-hydrogen) atoms. The third-order valence-corrected chi connectivity index (χ3v) is 6.84. The topological polar surface area (TPSA) is 67.2 Å². The number of hydrogen-bond donors (Lipinski definition) is 0. The first-order chi connectivity index (χ1) is 16.2. The zero-order valence-corrected chi connectivity index (χ0v) is 19.1. The number of hydrogen-bond acceptors (Lipinski definition) is 4. The molecule has 0 radical (unpaired) electrons. The van der Waals surface area contributed by atoms with Gasteiger partial charge in [-0.1, -0.05) is 12.1 Å². The van der Waals surface area contributed by atoms with Gasteiger partial charge in [0.05, 0.1) is 29.4 Å². The van der Waals surface area contributed by atoms with E-state index in [1.165, 1.54) is 5.56 Å². The molecule has 0 unspecified atom stereocenters. The first-order valence-corrected chi connectivity index (χ1v) is 11.9. The molecule has 3 aromatic rings. The molecular weight excluding hydrogens is 416 g/mol. The molecule has 2 saturated heterocycles. The van der Waals surface area contributed by atoms with Crippen LogP contribution in [0, 0.1) is 0 Å². The maximum absolute atomic E-state index is 13.1. The van der Waals surface area contributed by atoms with Crippen LogP contribution in [-0.2, 0) is 0 Å². The number of benzene rings is 1. The van der Waals surface area contributed by atoms with Crippen molar-refractivity contribution < 1.29 is 14.3 Å². The Morgan fingerprint density at radius 2 is 1.67 bits per heavy atom. The van der Waals surface area contributed by atoms with Crippen LogP contribution < -0.4 is 4.74 Å². The molecule has 0 saturated carbocycles. The van der Waals surface area contributed by atoms with Crippen molar-refractivity contribution in [2.24, 2.45) is 0 Å². The summed E-state index contributed by atoms with van der Waals surface area (Å²) in [5.74, 6) is 1.11. The lowest BCUT2D eigenvalue weighted by Gasteiger charge is -2.32. The van der Waals surface area contributed by atoms with E-state index in [0.717, 1.165) is 44.3 Å². The van der Waals surface area contributed by atoms with E-state index >= 15 is 0 Å². The van der Waals surface area contributed by atoms with Crippen molar-refractivity contribution in [3.63, 3.8) is 0 Å². The minimum atomic E-state index is 0.0299. The quantitative estimate of drug-likeness (QED) is 0.594. The van der Waals surface area contributed by atoms with E-state index in [1.807, 2.05) is 47.2 Å². The number of amides is 2. The van der Waals surface area contributed by atoms with Crippen molar-refractivity contribution in [1.82, 2.24) is 19.4 Å². The summed E-state index contributed by atoms with van der Waals surface area (Å²) in [4.78, 5) is 29.9. The van der Waals surface area contributed by atoms with E-state index in [0.29, 0.717) is 42.5 Å². The van der Waals surface area contributed by atoms with Crippen molar-refractivity contribution in [1.29, 1.82) is 0 Å². The maximum atomic E-state index is 13.1. The largest absolute Gasteiger partial charge is 0.493 e. The summed E-state index contributed by atoms with van der Waals surface area (Å²) in [6.07, 6.45) is 7.56. The fraction of sp³-hybridized carbons (Fsp3) is 0.423. The van der Waals surface area contributed by atoms with Crippen LogP contribution in [0.5, 0.6) is 5.75 Å². The Hall–Kier alpha value is -3.35. The van der Waals surface area contributed by atoms with E-state index in [4.69, 9.17) is 4.74 Å². The van der Waals surface area contributed by atoms with Crippen molar-refractivity contribution in [2.75, 3.05) is 32.8 Å². The van der Waals surface area contributed by atoms with Gasteiger partial charge in [-0.15, -0.1) is 0 Å². The van der Waals surface area contributed by atoms with Crippen molar-refractivity contribution in [2.45, 2.75) is 38.5 Å².